The molecule has 0 aliphatic carbocycles. The Morgan fingerprint density at radius 1 is 1.40 bits per heavy atom. The molecule has 4 nitrogen and oxygen atoms in total. The molecule has 0 aliphatic rings. The van der Waals surface area contributed by atoms with Gasteiger partial charge in [0, 0.05) is 11.9 Å². The van der Waals surface area contributed by atoms with E-state index in [-0.39, 0.29) is 0 Å². The molecule has 0 spiro atoms. The first-order valence-electron chi connectivity index (χ1n) is 4.60. The van der Waals surface area contributed by atoms with Crippen molar-refractivity contribution in [3.63, 3.8) is 0 Å². The fourth-order valence-electron chi connectivity index (χ4n) is 1.52. The van der Waals surface area contributed by atoms with Crippen LogP contribution in [0.1, 0.15) is 17.0 Å². The molecule has 2 heterocycles. The fourth-order valence-corrected chi connectivity index (χ4v) is 1.52. The van der Waals surface area contributed by atoms with E-state index < -0.39 is 0 Å². The SMILES string of the molecule is Cc1cc(C)n(-c2cnccc2C#N)n1. The van der Waals surface area contributed by atoms with Crippen LogP contribution in [-0.2, 0) is 0 Å². The molecule has 2 rings (SSSR count). The van der Waals surface area contributed by atoms with E-state index in [1.54, 1.807) is 23.1 Å². The monoisotopic (exact) mass is 198 g/mol. The molecule has 0 atom stereocenters. The van der Waals surface area contributed by atoms with Gasteiger partial charge >= 0.3 is 0 Å². The summed E-state index contributed by atoms with van der Waals surface area (Å²) in [6, 6.07) is 5.78. The topological polar surface area (TPSA) is 54.5 Å². The summed E-state index contributed by atoms with van der Waals surface area (Å²) in [6.07, 6.45) is 3.26. The highest BCUT2D eigenvalue weighted by molar-refractivity contribution is 5.46. The largest absolute Gasteiger partial charge is 0.262 e. The Morgan fingerprint density at radius 3 is 2.80 bits per heavy atom. The van der Waals surface area contributed by atoms with Crippen LogP contribution >= 0.6 is 0 Å². The Kier molecular flexibility index (Phi) is 2.22. The zero-order valence-corrected chi connectivity index (χ0v) is 8.60. The molecule has 0 saturated carbocycles. The van der Waals surface area contributed by atoms with Gasteiger partial charge in [-0.25, -0.2) is 4.68 Å². The highest BCUT2D eigenvalue weighted by Gasteiger charge is 2.07. The molecular formula is C11H10N4. The Balaban J connectivity index is 2.64. The number of nitriles is 1. The molecular weight excluding hydrogens is 188 g/mol. The summed E-state index contributed by atoms with van der Waals surface area (Å²) in [4.78, 5) is 4.01. The average molecular weight is 198 g/mol. The Morgan fingerprint density at radius 2 is 2.20 bits per heavy atom. The van der Waals surface area contributed by atoms with Gasteiger partial charge in [0.1, 0.15) is 11.8 Å². The van der Waals surface area contributed by atoms with E-state index in [0.717, 1.165) is 17.1 Å². The normalized spacial score (nSPS) is 9.93. The third kappa shape index (κ3) is 1.59. The number of pyridine rings is 1. The van der Waals surface area contributed by atoms with Gasteiger partial charge in [-0.2, -0.15) is 10.4 Å². The molecule has 0 radical (unpaired) electrons. The van der Waals surface area contributed by atoms with E-state index in [9.17, 15) is 0 Å². The number of aryl methyl sites for hydroxylation is 2. The van der Waals surface area contributed by atoms with Gasteiger partial charge in [0.05, 0.1) is 17.5 Å². The second-order valence-corrected chi connectivity index (χ2v) is 3.34. The first kappa shape index (κ1) is 9.41. The molecule has 0 N–H and O–H groups in total. The van der Waals surface area contributed by atoms with E-state index in [1.807, 2.05) is 19.9 Å². The molecule has 0 aliphatic heterocycles. The highest BCUT2D eigenvalue weighted by Crippen LogP contribution is 2.14. The minimum atomic E-state index is 0.580. The van der Waals surface area contributed by atoms with Gasteiger partial charge in [0.2, 0.25) is 0 Å². The second kappa shape index (κ2) is 3.54. The lowest BCUT2D eigenvalue weighted by Crippen LogP contribution is -2.02. The first-order chi connectivity index (χ1) is 7.22. The van der Waals surface area contributed by atoms with Crippen LogP contribution in [0.5, 0.6) is 0 Å². The summed E-state index contributed by atoms with van der Waals surface area (Å²) in [5.74, 6) is 0. The maximum Gasteiger partial charge on any atom is 0.102 e. The maximum atomic E-state index is 8.96. The lowest BCUT2D eigenvalue weighted by molar-refractivity contribution is 0.826. The van der Waals surface area contributed by atoms with Crippen molar-refractivity contribution < 1.29 is 0 Å². The smallest absolute Gasteiger partial charge is 0.102 e. The molecule has 0 fully saturated rings. The molecule has 0 amide bonds. The van der Waals surface area contributed by atoms with Gasteiger partial charge in [-0.1, -0.05) is 0 Å². The highest BCUT2D eigenvalue weighted by atomic mass is 15.3. The summed E-state index contributed by atoms with van der Waals surface area (Å²) >= 11 is 0. The van der Waals surface area contributed by atoms with Crippen molar-refractivity contribution in [3.05, 3.63) is 41.5 Å². The van der Waals surface area contributed by atoms with Crippen LogP contribution in [-0.4, -0.2) is 14.8 Å². The first-order valence-corrected chi connectivity index (χ1v) is 4.60. The van der Waals surface area contributed by atoms with Crippen LogP contribution < -0.4 is 0 Å². The lowest BCUT2D eigenvalue weighted by Gasteiger charge is -2.04. The molecule has 0 aromatic carbocycles. The molecule has 2 aromatic heterocycles. The number of rotatable bonds is 1. The van der Waals surface area contributed by atoms with Crippen LogP contribution in [0.3, 0.4) is 0 Å². The Hall–Kier alpha value is -2.15. The standard InChI is InChI=1S/C11H10N4/c1-8-5-9(2)15(14-8)11-7-13-4-3-10(11)6-12/h3-5,7H,1-2H3. The lowest BCUT2D eigenvalue weighted by atomic mass is 10.2. The Labute approximate surface area is 87.8 Å². The van der Waals surface area contributed by atoms with Crippen molar-refractivity contribution in [3.8, 4) is 11.8 Å². The fraction of sp³-hybridized carbons (Fsp3) is 0.182. The number of hydrogen-bond donors (Lipinski definition) is 0. The molecule has 74 valence electrons. The van der Waals surface area contributed by atoms with Gasteiger partial charge in [-0.15, -0.1) is 0 Å². The van der Waals surface area contributed by atoms with E-state index >= 15 is 0 Å². The van der Waals surface area contributed by atoms with Crippen molar-refractivity contribution in [2.24, 2.45) is 0 Å². The summed E-state index contributed by atoms with van der Waals surface area (Å²) in [6.45, 7) is 3.88. The van der Waals surface area contributed by atoms with Gasteiger partial charge in [-0.3, -0.25) is 4.98 Å². The molecule has 2 aromatic rings. The van der Waals surface area contributed by atoms with E-state index in [0.29, 0.717) is 5.56 Å². The third-order valence-corrected chi connectivity index (χ3v) is 2.16. The summed E-state index contributed by atoms with van der Waals surface area (Å²) in [5, 5.41) is 13.3. The summed E-state index contributed by atoms with van der Waals surface area (Å²) < 4.78 is 1.74. The average Bonchev–Trinajstić information content (AvgIpc) is 2.57. The van der Waals surface area contributed by atoms with E-state index in [4.69, 9.17) is 5.26 Å². The zero-order chi connectivity index (χ0) is 10.8. The number of aromatic nitrogens is 3. The maximum absolute atomic E-state index is 8.96. The molecule has 0 unspecified atom stereocenters. The van der Waals surface area contributed by atoms with Crippen LogP contribution in [0.15, 0.2) is 24.5 Å². The number of nitrogens with zero attached hydrogens (tertiary/aromatic N) is 4. The minimum Gasteiger partial charge on any atom is -0.262 e. The zero-order valence-electron chi connectivity index (χ0n) is 8.60. The van der Waals surface area contributed by atoms with Crippen LogP contribution in [0.2, 0.25) is 0 Å². The van der Waals surface area contributed by atoms with Gasteiger partial charge < -0.3 is 0 Å². The van der Waals surface area contributed by atoms with Crippen molar-refractivity contribution in [1.82, 2.24) is 14.8 Å². The van der Waals surface area contributed by atoms with Gasteiger partial charge in [-0.05, 0) is 26.0 Å². The molecule has 0 saturated heterocycles. The van der Waals surface area contributed by atoms with Crippen molar-refractivity contribution in [2.45, 2.75) is 13.8 Å². The van der Waals surface area contributed by atoms with Crippen molar-refractivity contribution in [2.75, 3.05) is 0 Å². The van der Waals surface area contributed by atoms with Crippen molar-refractivity contribution in [1.29, 1.82) is 5.26 Å². The van der Waals surface area contributed by atoms with Crippen LogP contribution in [0, 0.1) is 25.2 Å². The predicted molar refractivity (Wildman–Crippen MR) is 55.5 cm³/mol. The van der Waals surface area contributed by atoms with Gasteiger partial charge in [0.15, 0.2) is 0 Å². The summed E-state index contributed by atoms with van der Waals surface area (Å²) in [7, 11) is 0. The Bertz CT molecular complexity index is 534. The minimum absolute atomic E-state index is 0.580. The third-order valence-electron chi connectivity index (χ3n) is 2.16. The number of hydrogen-bond acceptors (Lipinski definition) is 3. The predicted octanol–water partition coefficient (Wildman–Crippen LogP) is 1.76. The molecule has 4 heteroatoms. The van der Waals surface area contributed by atoms with Crippen molar-refractivity contribution >= 4 is 0 Å². The van der Waals surface area contributed by atoms with E-state index in [2.05, 4.69) is 16.2 Å². The quantitative estimate of drug-likeness (QED) is 0.701. The van der Waals surface area contributed by atoms with Crippen LogP contribution in [0.4, 0.5) is 0 Å². The molecule has 0 bridgehead atoms. The van der Waals surface area contributed by atoms with Gasteiger partial charge in [0.25, 0.3) is 0 Å². The second-order valence-electron chi connectivity index (χ2n) is 3.34. The summed E-state index contributed by atoms with van der Waals surface area (Å²) in [5.41, 5.74) is 3.24. The van der Waals surface area contributed by atoms with E-state index in [1.165, 1.54) is 0 Å². The van der Waals surface area contributed by atoms with Crippen LogP contribution in [0.25, 0.3) is 5.69 Å². The molecule has 15 heavy (non-hydrogen) atoms.